The van der Waals surface area contributed by atoms with Gasteiger partial charge < -0.3 is 10.2 Å². The largest absolute Gasteiger partial charge is 0.417 e. The van der Waals surface area contributed by atoms with E-state index in [1.165, 1.54) is 6.07 Å². The molecule has 0 aliphatic carbocycles. The van der Waals surface area contributed by atoms with Crippen molar-refractivity contribution >= 4 is 11.7 Å². The topological polar surface area (TPSA) is 48.5 Å². The van der Waals surface area contributed by atoms with Crippen molar-refractivity contribution in [1.29, 1.82) is 0 Å². The highest BCUT2D eigenvalue weighted by Gasteiger charge is 2.38. The summed E-state index contributed by atoms with van der Waals surface area (Å²) in [5, 5.41) is 3.12. The molecule has 0 unspecified atom stereocenters. The fourth-order valence-electron chi connectivity index (χ4n) is 3.83. The zero-order chi connectivity index (χ0) is 21.2. The van der Waals surface area contributed by atoms with Crippen LogP contribution in [0.25, 0.3) is 0 Å². The van der Waals surface area contributed by atoms with Gasteiger partial charge in [-0.3, -0.25) is 9.69 Å². The number of anilines is 1. The van der Waals surface area contributed by atoms with Crippen LogP contribution in [0.3, 0.4) is 0 Å². The first-order valence-electron chi connectivity index (χ1n) is 9.39. The van der Waals surface area contributed by atoms with Gasteiger partial charge in [0, 0.05) is 57.3 Å². The van der Waals surface area contributed by atoms with Gasteiger partial charge in [-0.2, -0.15) is 26.3 Å². The van der Waals surface area contributed by atoms with E-state index >= 15 is 0 Å². The van der Waals surface area contributed by atoms with E-state index in [0.29, 0.717) is 38.4 Å². The standard InChI is InChI=1S/C18H22F6N4O/c19-17(20,21)5-1-2-16(29)28-7-6-27-10-13(8-14(27)11-28)26-15-4-3-12(9-25-15)18(22,23)24/h3-4,9,13-14H,1-2,5-8,10-11H2,(H,25,26)/t13-,14-/m0/s1. The zero-order valence-corrected chi connectivity index (χ0v) is 15.6. The lowest BCUT2D eigenvalue weighted by Gasteiger charge is -2.37. The van der Waals surface area contributed by atoms with Crippen LogP contribution < -0.4 is 5.32 Å². The van der Waals surface area contributed by atoms with E-state index in [4.69, 9.17) is 0 Å². The summed E-state index contributed by atoms with van der Waals surface area (Å²) in [5.41, 5.74) is -0.813. The number of piperazine rings is 1. The molecule has 0 saturated carbocycles. The first-order valence-corrected chi connectivity index (χ1v) is 9.39. The Hall–Kier alpha value is -2.04. The number of amides is 1. The Balaban J connectivity index is 1.48. The molecule has 3 heterocycles. The van der Waals surface area contributed by atoms with Gasteiger partial charge in [-0.05, 0) is 25.0 Å². The van der Waals surface area contributed by atoms with Crippen molar-refractivity contribution in [2.24, 2.45) is 0 Å². The molecule has 0 spiro atoms. The third-order valence-electron chi connectivity index (χ3n) is 5.26. The molecule has 3 rings (SSSR count). The molecule has 2 aliphatic heterocycles. The van der Waals surface area contributed by atoms with Crippen molar-refractivity contribution in [3.63, 3.8) is 0 Å². The van der Waals surface area contributed by atoms with Gasteiger partial charge in [0.1, 0.15) is 5.82 Å². The highest BCUT2D eigenvalue weighted by atomic mass is 19.4. The van der Waals surface area contributed by atoms with Gasteiger partial charge in [-0.25, -0.2) is 4.98 Å². The fourth-order valence-corrected chi connectivity index (χ4v) is 3.83. The summed E-state index contributed by atoms with van der Waals surface area (Å²) in [6, 6.07) is 2.31. The number of nitrogens with one attached hydrogen (secondary N) is 1. The number of carbonyl (C=O) groups excluding carboxylic acids is 1. The Morgan fingerprint density at radius 1 is 1.14 bits per heavy atom. The average molecular weight is 424 g/mol. The van der Waals surface area contributed by atoms with Crippen molar-refractivity contribution in [1.82, 2.24) is 14.8 Å². The number of halogens is 6. The normalized spacial score (nSPS) is 23.2. The van der Waals surface area contributed by atoms with Gasteiger partial charge in [0.15, 0.2) is 0 Å². The number of hydrogen-bond donors (Lipinski definition) is 1. The van der Waals surface area contributed by atoms with E-state index in [-0.39, 0.29) is 30.8 Å². The number of rotatable bonds is 5. The third kappa shape index (κ3) is 5.97. The van der Waals surface area contributed by atoms with Crippen molar-refractivity contribution < 1.29 is 31.1 Å². The van der Waals surface area contributed by atoms with E-state index in [1.54, 1.807) is 4.90 Å². The molecule has 162 valence electrons. The van der Waals surface area contributed by atoms with Crippen molar-refractivity contribution in [2.75, 3.05) is 31.5 Å². The number of pyridine rings is 1. The number of fused-ring (bicyclic) bond motifs is 1. The molecule has 0 aromatic carbocycles. The first kappa shape index (κ1) is 21.7. The molecule has 2 aliphatic rings. The molecule has 5 nitrogen and oxygen atoms in total. The predicted molar refractivity (Wildman–Crippen MR) is 93.1 cm³/mol. The minimum Gasteiger partial charge on any atom is -0.366 e. The van der Waals surface area contributed by atoms with E-state index < -0.39 is 24.3 Å². The summed E-state index contributed by atoms with van der Waals surface area (Å²) in [4.78, 5) is 19.8. The molecule has 1 amide bonds. The molecule has 2 saturated heterocycles. The van der Waals surface area contributed by atoms with Crippen LogP contribution in [0.4, 0.5) is 32.2 Å². The molecular formula is C18H22F6N4O. The second kappa shape index (κ2) is 8.37. The van der Waals surface area contributed by atoms with E-state index in [0.717, 1.165) is 12.3 Å². The molecule has 2 atom stereocenters. The minimum absolute atomic E-state index is 0.0236. The molecule has 1 aromatic heterocycles. The molecule has 1 N–H and O–H groups in total. The summed E-state index contributed by atoms with van der Waals surface area (Å²) in [5.74, 6) is 0.0812. The lowest BCUT2D eigenvalue weighted by atomic mass is 10.1. The van der Waals surface area contributed by atoms with Crippen LogP contribution in [-0.2, 0) is 11.0 Å². The number of aromatic nitrogens is 1. The van der Waals surface area contributed by atoms with Crippen LogP contribution in [0.1, 0.15) is 31.2 Å². The second-order valence-electron chi connectivity index (χ2n) is 7.46. The first-order chi connectivity index (χ1) is 13.5. The van der Waals surface area contributed by atoms with Gasteiger partial charge >= 0.3 is 12.4 Å². The molecule has 11 heteroatoms. The van der Waals surface area contributed by atoms with Crippen LogP contribution in [0.5, 0.6) is 0 Å². The predicted octanol–water partition coefficient (Wildman–Crippen LogP) is 3.53. The zero-order valence-electron chi connectivity index (χ0n) is 15.6. The molecular weight excluding hydrogens is 402 g/mol. The Morgan fingerprint density at radius 3 is 2.52 bits per heavy atom. The van der Waals surface area contributed by atoms with E-state index in [1.807, 2.05) is 0 Å². The third-order valence-corrected chi connectivity index (χ3v) is 5.26. The molecule has 29 heavy (non-hydrogen) atoms. The Labute approximate surface area is 164 Å². The van der Waals surface area contributed by atoms with Crippen LogP contribution >= 0.6 is 0 Å². The summed E-state index contributed by atoms with van der Waals surface area (Å²) in [6.45, 7) is 2.20. The average Bonchev–Trinajstić information content (AvgIpc) is 3.01. The minimum atomic E-state index is -4.43. The van der Waals surface area contributed by atoms with Crippen molar-refractivity contribution in [3.8, 4) is 0 Å². The number of alkyl halides is 6. The van der Waals surface area contributed by atoms with Crippen molar-refractivity contribution in [3.05, 3.63) is 23.9 Å². The maximum absolute atomic E-state index is 12.6. The van der Waals surface area contributed by atoms with Crippen molar-refractivity contribution in [2.45, 2.75) is 50.1 Å². The number of hydrogen-bond acceptors (Lipinski definition) is 4. The molecule has 0 bridgehead atoms. The van der Waals surface area contributed by atoms with Crippen LogP contribution in [-0.4, -0.2) is 65.1 Å². The van der Waals surface area contributed by atoms with E-state index in [9.17, 15) is 31.1 Å². The number of carbonyl (C=O) groups is 1. The maximum atomic E-state index is 12.6. The van der Waals surface area contributed by atoms with Gasteiger partial charge in [0.25, 0.3) is 0 Å². The lowest BCUT2D eigenvalue weighted by Crippen LogP contribution is -2.52. The summed E-state index contributed by atoms with van der Waals surface area (Å²) in [7, 11) is 0. The smallest absolute Gasteiger partial charge is 0.366 e. The van der Waals surface area contributed by atoms with Gasteiger partial charge in [0.2, 0.25) is 5.91 Å². The quantitative estimate of drug-likeness (QED) is 0.735. The van der Waals surface area contributed by atoms with E-state index in [2.05, 4.69) is 15.2 Å². The fraction of sp³-hybridized carbons (Fsp3) is 0.667. The molecule has 1 aromatic rings. The van der Waals surface area contributed by atoms with Crippen LogP contribution in [0.15, 0.2) is 18.3 Å². The molecule has 0 radical (unpaired) electrons. The van der Waals surface area contributed by atoms with Gasteiger partial charge in [-0.15, -0.1) is 0 Å². The van der Waals surface area contributed by atoms with Gasteiger partial charge in [0.05, 0.1) is 5.56 Å². The Kier molecular flexibility index (Phi) is 6.25. The maximum Gasteiger partial charge on any atom is 0.417 e. The monoisotopic (exact) mass is 424 g/mol. The second-order valence-corrected chi connectivity index (χ2v) is 7.46. The Morgan fingerprint density at radius 2 is 1.90 bits per heavy atom. The van der Waals surface area contributed by atoms with Gasteiger partial charge in [-0.1, -0.05) is 0 Å². The summed E-state index contributed by atoms with van der Waals surface area (Å²) in [6.07, 6.45) is -8.53. The molecule has 2 fully saturated rings. The highest BCUT2D eigenvalue weighted by Crippen LogP contribution is 2.30. The summed E-state index contributed by atoms with van der Waals surface area (Å²) >= 11 is 0. The van der Waals surface area contributed by atoms with Crippen LogP contribution in [0, 0.1) is 0 Å². The SMILES string of the molecule is O=C(CCCC(F)(F)F)N1CCN2C[C@@H](Nc3ccc(C(F)(F)F)cn3)C[C@H]2C1. The number of nitrogens with zero attached hydrogens (tertiary/aromatic N) is 3. The highest BCUT2D eigenvalue weighted by molar-refractivity contribution is 5.76. The Bertz CT molecular complexity index is 706. The lowest BCUT2D eigenvalue weighted by molar-refractivity contribution is -0.141. The summed E-state index contributed by atoms with van der Waals surface area (Å²) < 4.78 is 74.5. The van der Waals surface area contributed by atoms with Crippen LogP contribution in [0.2, 0.25) is 0 Å².